The number of hydrogen-bond acceptors (Lipinski definition) is 11. The molecule has 0 atom stereocenters. The summed E-state index contributed by atoms with van der Waals surface area (Å²) in [6.07, 6.45) is -1.09. The van der Waals surface area contributed by atoms with Crippen LogP contribution in [-0.4, -0.2) is 57.7 Å². The number of esters is 2. The van der Waals surface area contributed by atoms with E-state index >= 15 is 0 Å². The van der Waals surface area contributed by atoms with Gasteiger partial charge >= 0.3 is 18.1 Å². The molecule has 0 spiro atoms. The monoisotopic (exact) mass is 838 g/mol. The summed E-state index contributed by atoms with van der Waals surface area (Å²) in [7, 11) is 0. The SMILES string of the molecule is CCOC(=O)c1cc(-c2ccc(OCC)cc2)c(OC(=O)Oc2c(-c3ccc(OCC)cc3)cc(C(=O)OCC)cc2-c2ccc(OCC)cc2)c(-c2ccc(OCC)cc2)c1. The Balaban J connectivity index is 1.55. The van der Waals surface area contributed by atoms with Gasteiger partial charge in [-0.05, 0) is 137 Å². The molecule has 0 aliphatic heterocycles. The highest BCUT2D eigenvalue weighted by Crippen LogP contribution is 2.44. The summed E-state index contributed by atoms with van der Waals surface area (Å²) in [5.41, 5.74) is 4.63. The Morgan fingerprint density at radius 3 is 0.806 bits per heavy atom. The van der Waals surface area contributed by atoms with E-state index in [1.165, 1.54) is 0 Å². The summed E-state index contributed by atoms with van der Waals surface area (Å²) in [4.78, 5) is 41.4. The van der Waals surface area contributed by atoms with Crippen LogP contribution in [0.2, 0.25) is 0 Å². The van der Waals surface area contributed by atoms with E-state index in [-0.39, 0.29) is 35.8 Å². The molecule has 6 rings (SSSR count). The molecule has 0 fully saturated rings. The van der Waals surface area contributed by atoms with Crippen molar-refractivity contribution in [2.75, 3.05) is 39.6 Å². The molecule has 0 N–H and O–H groups in total. The molecule has 0 bridgehead atoms. The molecule has 11 heteroatoms. The zero-order chi connectivity index (χ0) is 44.0. The Morgan fingerprint density at radius 1 is 0.355 bits per heavy atom. The lowest BCUT2D eigenvalue weighted by molar-refractivity contribution is 0.0517. The second-order valence-corrected chi connectivity index (χ2v) is 13.5. The zero-order valence-corrected chi connectivity index (χ0v) is 35.8. The summed E-state index contributed by atoms with van der Waals surface area (Å²) in [6.45, 7) is 13.2. The van der Waals surface area contributed by atoms with Crippen molar-refractivity contribution >= 4 is 18.1 Å². The number of benzene rings is 6. The fourth-order valence-electron chi connectivity index (χ4n) is 6.78. The molecule has 0 radical (unpaired) electrons. The lowest BCUT2D eigenvalue weighted by Crippen LogP contribution is -2.17. The fourth-order valence-corrected chi connectivity index (χ4v) is 6.78. The van der Waals surface area contributed by atoms with Crippen LogP contribution < -0.4 is 28.4 Å². The van der Waals surface area contributed by atoms with E-state index in [1.807, 2.05) is 76.2 Å². The van der Waals surface area contributed by atoms with Crippen LogP contribution in [0, 0.1) is 0 Å². The zero-order valence-electron chi connectivity index (χ0n) is 35.8. The van der Waals surface area contributed by atoms with Gasteiger partial charge in [0.15, 0.2) is 0 Å². The van der Waals surface area contributed by atoms with Crippen molar-refractivity contribution in [3.63, 3.8) is 0 Å². The standard InChI is InChI=1S/C51H50O11/c1-7-55-39-21-13-33(14-22-39)43-29-37(49(52)59-11-5)30-44(34-15-23-40(24-16-34)56-8-2)47(43)61-51(54)62-48-45(35-17-25-41(26-18-35)57-9-3)31-38(50(53)60-12-6)32-46(48)36-19-27-42(28-20-36)58-10-4/h13-32H,7-12H2,1-6H3. The second-order valence-electron chi connectivity index (χ2n) is 13.5. The minimum atomic E-state index is -1.09. The third-order valence-corrected chi connectivity index (χ3v) is 9.48. The average Bonchev–Trinajstić information content (AvgIpc) is 3.28. The highest BCUT2D eigenvalue weighted by molar-refractivity contribution is 5.98. The van der Waals surface area contributed by atoms with E-state index < -0.39 is 18.1 Å². The van der Waals surface area contributed by atoms with Crippen LogP contribution in [0.5, 0.6) is 34.5 Å². The predicted molar refractivity (Wildman–Crippen MR) is 238 cm³/mol. The van der Waals surface area contributed by atoms with Crippen LogP contribution in [0.1, 0.15) is 62.3 Å². The van der Waals surface area contributed by atoms with Crippen LogP contribution in [0.4, 0.5) is 4.79 Å². The van der Waals surface area contributed by atoms with Crippen molar-refractivity contribution in [3.05, 3.63) is 132 Å². The normalized spacial score (nSPS) is 10.7. The van der Waals surface area contributed by atoms with Crippen molar-refractivity contribution in [3.8, 4) is 79.0 Å². The molecule has 320 valence electrons. The summed E-state index contributed by atoms with van der Waals surface area (Å²) in [5, 5.41) is 0. The molecule has 0 heterocycles. The Bertz CT molecular complexity index is 2140. The van der Waals surface area contributed by atoms with Gasteiger partial charge in [0.05, 0.1) is 50.8 Å². The topological polar surface area (TPSA) is 125 Å². The second kappa shape index (κ2) is 21.3. The van der Waals surface area contributed by atoms with E-state index in [0.29, 0.717) is 93.9 Å². The van der Waals surface area contributed by atoms with Gasteiger partial charge in [-0.2, -0.15) is 0 Å². The van der Waals surface area contributed by atoms with Gasteiger partial charge in [0.1, 0.15) is 34.5 Å². The highest BCUT2D eigenvalue weighted by atomic mass is 16.7. The first-order valence-electron chi connectivity index (χ1n) is 20.7. The van der Waals surface area contributed by atoms with Crippen LogP contribution in [0.25, 0.3) is 44.5 Å². The quantitative estimate of drug-likeness (QED) is 0.0606. The maximum atomic E-state index is 14.6. The first-order valence-corrected chi connectivity index (χ1v) is 20.7. The molecule has 6 aromatic rings. The van der Waals surface area contributed by atoms with Crippen molar-refractivity contribution < 1.29 is 52.3 Å². The van der Waals surface area contributed by atoms with Gasteiger partial charge in [-0.3, -0.25) is 0 Å². The third-order valence-electron chi connectivity index (χ3n) is 9.48. The van der Waals surface area contributed by atoms with Gasteiger partial charge in [0.25, 0.3) is 0 Å². The molecule has 0 saturated heterocycles. The number of hydrogen-bond donors (Lipinski definition) is 0. The van der Waals surface area contributed by atoms with E-state index in [9.17, 15) is 14.4 Å². The van der Waals surface area contributed by atoms with Gasteiger partial charge in [0, 0.05) is 22.3 Å². The predicted octanol–water partition coefficient (Wildman–Crippen LogP) is 11.9. The summed E-state index contributed by atoms with van der Waals surface area (Å²) < 4.78 is 46.4. The van der Waals surface area contributed by atoms with Gasteiger partial charge in [0.2, 0.25) is 0 Å². The minimum Gasteiger partial charge on any atom is -0.494 e. The largest absolute Gasteiger partial charge is 0.519 e. The maximum Gasteiger partial charge on any atom is 0.519 e. The summed E-state index contributed by atoms with van der Waals surface area (Å²) >= 11 is 0. The smallest absolute Gasteiger partial charge is 0.494 e. The highest BCUT2D eigenvalue weighted by Gasteiger charge is 2.26. The Morgan fingerprint density at radius 2 is 0.597 bits per heavy atom. The Labute approximate surface area is 362 Å². The van der Waals surface area contributed by atoms with Crippen LogP contribution in [-0.2, 0) is 9.47 Å². The van der Waals surface area contributed by atoms with Crippen LogP contribution >= 0.6 is 0 Å². The molecule has 62 heavy (non-hydrogen) atoms. The van der Waals surface area contributed by atoms with Crippen molar-refractivity contribution in [1.82, 2.24) is 0 Å². The average molecular weight is 839 g/mol. The molecule has 0 aliphatic rings. The van der Waals surface area contributed by atoms with Gasteiger partial charge in [-0.15, -0.1) is 0 Å². The molecule has 0 aromatic heterocycles. The van der Waals surface area contributed by atoms with Gasteiger partial charge < -0.3 is 37.9 Å². The van der Waals surface area contributed by atoms with Gasteiger partial charge in [-0.1, -0.05) is 48.5 Å². The number of rotatable bonds is 18. The Hall–Kier alpha value is -7.27. The van der Waals surface area contributed by atoms with E-state index in [1.54, 1.807) is 86.6 Å². The molecule has 6 aromatic carbocycles. The molecular formula is C51H50O11. The summed E-state index contributed by atoms with van der Waals surface area (Å²) in [6, 6.07) is 35.4. The first kappa shape index (κ1) is 44.3. The fraction of sp³-hybridized carbons (Fsp3) is 0.235. The van der Waals surface area contributed by atoms with E-state index in [0.717, 1.165) is 0 Å². The van der Waals surface area contributed by atoms with Crippen LogP contribution in [0.15, 0.2) is 121 Å². The lowest BCUT2D eigenvalue weighted by Gasteiger charge is -2.20. The molecule has 11 nitrogen and oxygen atoms in total. The molecule has 0 unspecified atom stereocenters. The minimum absolute atomic E-state index is 0.116. The van der Waals surface area contributed by atoms with Crippen molar-refractivity contribution in [1.29, 1.82) is 0 Å². The number of ether oxygens (including phenoxy) is 8. The summed E-state index contributed by atoms with van der Waals surface area (Å²) in [5.74, 6) is 1.69. The Kier molecular flexibility index (Phi) is 15.2. The van der Waals surface area contributed by atoms with Crippen molar-refractivity contribution in [2.24, 2.45) is 0 Å². The molecule has 0 amide bonds. The number of carbonyl (C=O) groups excluding carboxylic acids is 3. The third kappa shape index (κ3) is 10.7. The molecule has 0 saturated carbocycles. The van der Waals surface area contributed by atoms with Crippen LogP contribution in [0.3, 0.4) is 0 Å². The first-order chi connectivity index (χ1) is 30.2. The molecular weight excluding hydrogens is 789 g/mol. The van der Waals surface area contributed by atoms with E-state index in [2.05, 4.69) is 0 Å². The molecule has 0 aliphatic carbocycles. The number of carbonyl (C=O) groups is 3. The van der Waals surface area contributed by atoms with Crippen molar-refractivity contribution in [2.45, 2.75) is 41.5 Å². The van der Waals surface area contributed by atoms with E-state index in [4.69, 9.17) is 37.9 Å². The lowest BCUT2D eigenvalue weighted by atomic mass is 9.94. The van der Waals surface area contributed by atoms with Gasteiger partial charge in [-0.25, -0.2) is 14.4 Å². The maximum absolute atomic E-state index is 14.6.